The highest BCUT2D eigenvalue weighted by atomic mass is 35.5. The van der Waals surface area contributed by atoms with E-state index < -0.39 is 0 Å². The summed E-state index contributed by atoms with van der Waals surface area (Å²) in [5, 5.41) is 4.76. The first-order valence-electron chi connectivity index (χ1n) is 5.73. The van der Waals surface area contributed by atoms with Gasteiger partial charge in [-0.1, -0.05) is 24.6 Å². The van der Waals surface area contributed by atoms with Crippen LogP contribution in [-0.4, -0.2) is 17.4 Å². The largest absolute Gasteiger partial charge is 0.361 e. The zero-order valence-electron chi connectivity index (χ0n) is 9.72. The molecule has 0 aliphatic carbocycles. The van der Waals surface area contributed by atoms with Crippen molar-refractivity contribution in [3.05, 3.63) is 35.0 Å². The first-order valence-corrected chi connectivity index (χ1v) is 6.10. The fourth-order valence-corrected chi connectivity index (χ4v) is 2.00. The van der Waals surface area contributed by atoms with Crippen LogP contribution < -0.4 is 5.32 Å². The third-order valence-corrected chi connectivity index (χ3v) is 3.00. The van der Waals surface area contributed by atoms with Gasteiger partial charge in [-0.15, -0.1) is 0 Å². The molecule has 0 aliphatic heterocycles. The van der Waals surface area contributed by atoms with Crippen LogP contribution in [0.15, 0.2) is 24.4 Å². The first kappa shape index (κ1) is 12.0. The van der Waals surface area contributed by atoms with Gasteiger partial charge in [0.05, 0.1) is 0 Å². The number of H-pyrrole nitrogens is 1. The number of benzene rings is 1. The van der Waals surface area contributed by atoms with Crippen LogP contribution in [-0.2, 0) is 11.2 Å². The van der Waals surface area contributed by atoms with Crippen LogP contribution in [0, 0.1) is 0 Å². The van der Waals surface area contributed by atoms with E-state index in [1.807, 2.05) is 31.3 Å². The molecule has 0 unspecified atom stereocenters. The van der Waals surface area contributed by atoms with Gasteiger partial charge in [-0.3, -0.25) is 4.79 Å². The number of halogens is 1. The van der Waals surface area contributed by atoms with E-state index in [2.05, 4.69) is 10.3 Å². The summed E-state index contributed by atoms with van der Waals surface area (Å²) >= 11 is 5.92. The molecule has 0 atom stereocenters. The summed E-state index contributed by atoms with van der Waals surface area (Å²) < 4.78 is 0. The van der Waals surface area contributed by atoms with Crippen LogP contribution in [0.25, 0.3) is 10.9 Å². The molecule has 0 saturated heterocycles. The minimum Gasteiger partial charge on any atom is -0.361 e. The molecule has 0 fully saturated rings. The van der Waals surface area contributed by atoms with Gasteiger partial charge in [0.1, 0.15) is 0 Å². The van der Waals surface area contributed by atoms with Gasteiger partial charge in [-0.2, -0.15) is 0 Å². The molecular formula is C13H15ClN2O. The third-order valence-electron chi connectivity index (χ3n) is 2.77. The second-order valence-electron chi connectivity index (χ2n) is 3.96. The molecule has 0 aliphatic rings. The second-order valence-corrected chi connectivity index (χ2v) is 4.39. The maximum Gasteiger partial charge on any atom is 0.219 e. The Morgan fingerprint density at radius 3 is 3.06 bits per heavy atom. The van der Waals surface area contributed by atoms with Gasteiger partial charge in [-0.05, 0) is 24.1 Å². The highest BCUT2D eigenvalue weighted by Crippen LogP contribution is 2.22. The Kier molecular flexibility index (Phi) is 3.69. The Morgan fingerprint density at radius 1 is 1.47 bits per heavy atom. The summed E-state index contributed by atoms with van der Waals surface area (Å²) in [7, 11) is 0. The smallest absolute Gasteiger partial charge is 0.219 e. The van der Waals surface area contributed by atoms with Gasteiger partial charge in [0, 0.05) is 35.1 Å². The molecule has 0 radical (unpaired) electrons. The van der Waals surface area contributed by atoms with Crippen LogP contribution in [0.3, 0.4) is 0 Å². The highest BCUT2D eigenvalue weighted by Gasteiger charge is 2.04. The van der Waals surface area contributed by atoms with E-state index in [-0.39, 0.29) is 5.91 Å². The van der Waals surface area contributed by atoms with Gasteiger partial charge in [0.2, 0.25) is 5.91 Å². The summed E-state index contributed by atoms with van der Waals surface area (Å²) in [6.45, 7) is 2.52. The maximum absolute atomic E-state index is 11.1. The molecule has 2 N–H and O–H groups in total. The van der Waals surface area contributed by atoms with E-state index in [0.29, 0.717) is 13.0 Å². The first-order chi connectivity index (χ1) is 8.20. The molecule has 0 bridgehead atoms. The lowest BCUT2D eigenvalue weighted by molar-refractivity contribution is -0.120. The number of nitrogens with one attached hydrogen (secondary N) is 2. The van der Waals surface area contributed by atoms with E-state index in [9.17, 15) is 4.79 Å². The predicted octanol–water partition coefficient (Wildman–Crippen LogP) is 2.89. The zero-order chi connectivity index (χ0) is 12.3. The van der Waals surface area contributed by atoms with Gasteiger partial charge in [0.25, 0.3) is 0 Å². The lowest BCUT2D eigenvalue weighted by atomic mass is 10.1. The fraction of sp³-hybridized carbons (Fsp3) is 0.308. The lowest BCUT2D eigenvalue weighted by Crippen LogP contribution is -2.24. The Labute approximate surface area is 105 Å². The molecule has 1 amide bonds. The number of amides is 1. The van der Waals surface area contributed by atoms with Crippen LogP contribution in [0.1, 0.15) is 18.9 Å². The normalized spacial score (nSPS) is 10.7. The Bertz CT molecular complexity index is 533. The molecule has 90 valence electrons. The number of carbonyl (C=O) groups excluding carboxylic acids is 1. The van der Waals surface area contributed by atoms with E-state index in [1.165, 1.54) is 10.9 Å². The SMILES string of the molecule is CCC(=O)NCCc1c[nH]c2cc(Cl)ccc12. The zero-order valence-corrected chi connectivity index (χ0v) is 10.5. The van der Waals surface area contributed by atoms with Gasteiger partial charge in [-0.25, -0.2) is 0 Å². The van der Waals surface area contributed by atoms with Crippen molar-refractivity contribution in [3.63, 3.8) is 0 Å². The summed E-state index contributed by atoms with van der Waals surface area (Å²) in [6, 6.07) is 5.79. The minimum atomic E-state index is 0.0906. The van der Waals surface area contributed by atoms with Crippen molar-refractivity contribution < 1.29 is 4.79 Å². The van der Waals surface area contributed by atoms with Crippen molar-refractivity contribution in [1.82, 2.24) is 10.3 Å². The number of hydrogen-bond acceptors (Lipinski definition) is 1. The Morgan fingerprint density at radius 2 is 2.29 bits per heavy atom. The predicted molar refractivity (Wildman–Crippen MR) is 70.3 cm³/mol. The monoisotopic (exact) mass is 250 g/mol. The summed E-state index contributed by atoms with van der Waals surface area (Å²) in [5.74, 6) is 0.0906. The summed E-state index contributed by atoms with van der Waals surface area (Å²) in [5.41, 5.74) is 2.24. The molecule has 2 rings (SSSR count). The number of carbonyl (C=O) groups is 1. The summed E-state index contributed by atoms with van der Waals surface area (Å²) in [6.07, 6.45) is 3.33. The molecular weight excluding hydrogens is 236 g/mol. The van der Waals surface area contributed by atoms with E-state index >= 15 is 0 Å². The standard InChI is InChI=1S/C13H15ClN2O/c1-2-13(17)15-6-5-9-8-16-12-7-10(14)3-4-11(9)12/h3-4,7-8,16H,2,5-6H2,1H3,(H,15,17). The van der Waals surface area contributed by atoms with Gasteiger partial charge < -0.3 is 10.3 Å². The van der Waals surface area contributed by atoms with Crippen molar-refractivity contribution in [1.29, 1.82) is 0 Å². The summed E-state index contributed by atoms with van der Waals surface area (Å²) in [4.78, 5) is 14.3. The van der Waals surface area contributed by atoms with E-state index in [0.717, 1.165) is 17.0 Å². The molecule has 2 aromatic rings. The molecule has 17 heavy (non-hydrogen) atoms. The van der Waals surface area contributed by atoms with Gasteiger partial charge >= 0.3 is 0 Å². The fourth-order valence-electron chi connectivity index (χ4n) is 1.83. The average molecular weight is 251 g/mol. The second kappa shape index (κ2) is 5.23. The molecule has 1 aromatic heterocycles. The average Bonchev–Trinajstić information content (AvgIpc) is 2.71. The maximum atomic E-state index is 11.1. The van der Waals surface area contributed by atoms with Crippen LogP contribution >= 0.6 is 11.6 Å². The van der Waals surface area contributed by atoms with Crippen LogP contribution in [0.2, 0.25) is 5.02 Å². The van der Waals surface area contributed by atoms with E-state index in [1.54, 1.807) is 0 Å². The number of aromatic nitrogens is 1. The van der Waals surface area contributed by atoms with Crippen molar-refractivity contribution >= 4 is 28.4 Å². The van der Waals surface area contributed by atoms with E-state index in [4.69, 9.17) is 11.6 Å². The molecule has 1 heterocycles. The highest BCUT2D eigenvalue weighted by molar-refractivity contribution is 6.31. The number of fused-ring (bicyclic) bond motifs is 1. The van der Waals surface area contributed by atoms with Crippen molar-refractivity contribution in [2.24, 2.45) is 0 Å². The molecule has 0 spiro atoms. The van der Waals surface area contributed by atoms with Gasteiger partial charge in [0.15, 0.2) is 0 Å². The minimum absolute atomic E-state index is 0.0906. The van der Waals surface area contributed by atoms with Crippen LogP contribution in [0.5, 0.6) is 0 Å². The quantitative estimate of drug-likeness (QED) is 0.861. The topological polar surface area (TPSA) is 44.9 Å². The lowest BCUT2D eigenvalue weighted by Gasteiger charge is -2.02. The molecule has 0 saturated carbocycles. The molecule has 3 nitrogen and oxygen atoms in total. The van der Waals surface area contributed by atoms with Crippen molar-refractivity contribution in [2.75, 3.05) is 6.54 Å². The van der Waals surface area contributed by atoms with Crippen molar-refractivity contribution in [2.45, 2.75) is 19.8 Å². The molecule has 1 aromatic carbocycles. The molecule has 4 heteroatoms. The number of hydrogen-bond donors (Lipinski definition) is 2. The Hall–Kier alpha value is -1.48. The van der Waals surface area contributed by atoms with Crippen LogP contribution in [0.4, 0.5) is 0 Å². The third kappa shape index (κ3) is 2.80. The Balaban J connectivity index is 2.06. The number of rotatable bonds is 4. The van der Waals surface area contributed by atoms with Crippen molar-refractivity contribution in [3.8, 4) is 0 Å². The number of aromatic amines is 1.